The summed E-state index contributed by atoms with van der Waals surface area (Å²) < 4.78 is 5.90. The van der Waals surface area contributed by atoms with Crippen molar-refractivity contribution in [3.05, 3.63) is 75.9 Å². The predicted octanol–water partition coefficient (Wildman–Crippen LogP) is 4.55. The predicted molar refractivity (Wildman–Crippen MR) is 115 cm³/mol. The Labute approximate surface area is 171 Å². The molecule has 0 atom stereocenters. The fraction of sp³-hybridized carbons (Fsp3) is 0.0952. The van der Waals surface area contributed by atoms with E-state index in [9.17, 15) is 4.79 Å². The number of methoxy groups -OCH3 is 1. The molecule has 1 amide bonds. The Bertz CT molecular complexity index is 1010. The largest absolute Gasteiger partial charge is 0.497 e. The van der Waals surface area contributed by atoms with Crippen LogP contribution in [-0.4, -0.2) is 29.4 Å². The Morgan fingerprint density at radius 2 is 1.89 bits per heavy atom. The number of nitrogens with zero attached hydrogens (tertiary/aromatic N) is 2. The lowest BCUT2D eigenvalue weighted by atomic mass is 10.1. The topological polar surface area (TPSA) is 79.4 Å². The molecule has 0 saturated carbocycles. The van der Waals surface area contributed by atoms with Crippen LogP contribution in [0.25, 0.3) is 17.3 Å². The molecule has 6 nitrogen and oxygen atoms in total. The van der Waals surface area contributed by atoms with Gasteiger partial charge in [0.15, 0.2) is 0 Å². The minimum atomic E-state index is -0.360. The summed E-state index contributed by atoms with van der Waals surface area (Å²) in [5, 5.41) is 11.0. The van der Waals surface area contributed by atoms with Crippen LogP contribution in [0.15, 0.2) is 64.2 Å². The number of H-pyrrole nitrogens is 1. The standard InChI is InChI=1S/C21H19BrN4O2/c1-14-19(16-8-10-18(28-2)11-9-16)24-25-20(14)21(27)26-23-13-17(22)12-15-6-4-3-5-7-15/h3-13H,1-2H3,(H,24,25)(H,26,27)/b17-12-,23-13+. The van der Waals surface area contributed by atoms with E-state index in [0.717, 1.165) is 26.9 Å². The molecule has 142 valence electrons. The van der Waals surface area contributed by atoms with Crippen LogP contribution in [0.3, 0.4) is 0 Å². The van der Waals surface area contributed by atoms with Crippen LogP contribution in [-0.2, 0) is 0 Å². The van der Waals surface area contributed by atoms with Crippen LogP contribution in [0.2, 0.25) is 0 Å². The van der Waals surface area contributed by atoms with Gasteiger partial charge in [-0.05, 0) is 58.8 Å². The number of aromatic nitrogens is 2. The van der Waals surface area contributed by atoms with Crippen LogP contribution < -0.4 is 10.2 Å². The summed E-state index contributed by atoms with van der Waals surface area (Å²) in [6.45, 7) is 1.84. The van der Waals surface area contributed by atoms with Gasteiger partial charge in [-0.2, -0.15) is 10.2 Å². The molecule has 0 saturated heterocycles. The van der Waals surface area contributed by atoms with Crippen molar-refractivity contribution in [1.82, 2.24) is 15.6 Å². The highest BCUT2D eigenvalue weighted by Crippen LogP contribution is 2.25. The van der Waals surface area contributed by atoms with Crippen molar-refractivity contribution in [1.29, 1.82) is 0 Å². The molecule has 2 aromatic carbocycles. The molecule has 2 N–H and O–H groups in total. The number of carbonyl (C=O) groups is 1. The second-order valence-corrected chi connectivity index (χ2v) is 6.86. The van der Waals surface area contributed by atoms with Gasteiger partial charge in [0.25, 0.3) is 5.91 Å². The van der Waals surface area contributed by atoms with E-state index in [2.05, 4.69) is 36.7 Å². The molecule has 0 radical (unpaired) electrons. The van der Waals surface area contributed by atoms with E-state index in [-0.39, 0.29) is 5.91 Å². The maximum absolute atomic E-state index is 12.4. The number of hydrazone groups is 1. The molecule has 7 heteroatoms. The lowest BCUT2D eigenvalue weighted by molar-refractivity contribution is 0.0949. The summed E-state index contributed by atoms with van der Waals surface area (Å²) in [5.41, 5.74) is 6.25. The Kier molecular flexibility index (Phi) is 6.39. The van der Waals surface area contributed by atoms with Crippen LogP contribution in [0, 0.1) is 6.92 Å². The van der Waals surface area contributed by atoms with Crippen molar-refractivity contribution >= 4 is 34.1 Å². The molecule has 3 rings (SSSR count). The molecule has 0 unspecified atom stereocenters. The van der Waals surface area contributed by atoms with Gasteiger partial charge < -0.3 is 4.74 Å². The number of hydrogen-bond donors (Lipinski definition) is 2. The van der Waals surface area contributed by atoms with Crippen LogP contribution in [0.4, 0.5) is 0 Å². The van der Waals surface area contributed by atoms with E-state index in [4.69, 9.17) is 4.74 Å². The molecule has 0 spiro atoms. The molecular weight excluding hydrogens is 420 g/mol. The van der Waals surface area contributed by atoms with Gasteiger partial charge in [-0.3, -0.25) is 9.89 Å². The number of nitrogens with one attached hydrogen (secondary N) is 2. The van der Waals surface area contributed by atoms with Gasteiger partial charge in [-0.25, -0.2) is 5.43 Å². The lowest BCUT2D eigenvalue weighted by Crippen LogP contribution is -2.19. The summed E-state index contributed by atoms with van der Waals surface area (Å²) in [5.74, 6) is 0.402. The normalized spacial score (nSPS) is 11.6. The number of aromatic amines is 1. The number of hydrogen-bond acceptors (Lipinski definition) is 4. The SMILES string of the molecule is COc1ccc(-c2n[nH]c(C(=O)N/N=C/C(Br)=C/c3ccccc3)c2C)cc1. The van der Waals surface area contributed by atoms with Crippen molar-refractivity contribution in [3.63, 3.8) is 0 Å². The Morgan fingerprint density at radius 3 is 2.57 bits per heavy atom. The van der Waals surface area contributed by atoms with Crippen LogP contribution in [0.5, 0.6) is 5.75 Å². The zero-order valence-corrected chi connectivity index (χ0v) is 17.0. The highest BCUT2D eigenvalue weighted by Gasteiger charge is 2.16. The molecule has 1 aromatic heterocycles. The van der Waals surface area contributed by atoms with Gasteiger partial charge in [-0.1, -0.05) is 30.3 Å². The van der Waals surface area contributed by atoms with Gasteiger partial charge in [0.1, 0.15) is 11.4 Å². The lowest BCUT2D eigenvalue weighted by Gasteiger charge is -2.02. The number of rotatable bonds is 6. The Balaban J connectivity index is 1.68. The monoisotopic (exact) mass is 438 g/mol. The molecule has 0 fully saturated rings. The second-order valence-electron chi connectivity index (χ2n) is 5.94. The summed E-state index contributed by atoms with van der Waals surface area (Å²) in [7, 11) is 1.62. The van der Waals surface area contributed by atoms with Gasteiger partial charge in [-0.15, -0.1) is 0 Å². The fourth-order valence-corrected chi connectivity index (χ4v) is 2.97. The van der Waals surface area contributed by atoms with Gasteiger partial charge in [0.05, 0.1) is 19.0 Å². The average molecular weight is 439 g/mol. The van der Waals surface area contributed by atoms with Gasteiger partial charge in [0.2, 0.25) is 0 Å². The summed E-state index contributed by atoms with van der Waals surface area (Å²) in [4.78, 5) is 12.4. The van der Waals surface area contributed by atoms with E-state index in [1.165, 1.54) is 6.21 Å². The van der Waals surface area contributed by atoms with Gasteiger partial charge in [0, 0.05) is 15.6 Å². The third kappa shape index (κ3) is 4.75. The fourth-order valence-electron chi connectivity index (χ4n) is 2.60. The maximum atomic E-state index is 12.4. The van der Waals surface area contributed by atoms with Crippen molar-refractivity contribution in [2.75, 3.05) is 7.11 Å². The Hall–Kier alpha value is -3.19. The summed E-state index contributed by atoms with van der Waals surface area (Å²) in [6, 6.07) is 17.3. The first-order valence-corrected chi connectivity index (χ1v) is 9.33. The van der Waals surface area contributed by atoms with Crippen molar-refractivity contribution in [3.8, 4) is 17.0 Å². The first-order chi connectivity index (χ1) is 13.6. The second kappa shape index (κ2) is 9.14. The van der Waals surface area contributed by atoms with E-state index in [1.807, 2.05) is 67.6 Å². The third-order valence-electron chi connectivity index (χ3n) is 4.06. The van der Waals surface area contributed by atoms with Gasteiger partial charge >= 0.3 is 0 Å². The maximum Gasteiger partial charge on any atom is 0.289 e. The van der Waals surface area contributed by atoms with Crippen molar-refractivity contribution in [2.24, 2.45) is 5.10 Å². The highest BCUT2D eigenvalue weighted by atomic mass is 79.9. The van der Waals surface area contributed by atoms with E-state index < -0.39 is 0 Å². The van der Waals surface area contributed by atoms with Crippen molar-refractivity contribution < 1.29 is 9.53 Å². The number of ether oxygens (including phenoxy) is 1. The van der Waals surface area contributed by atoms with Crippen molar-refractivity contribution in [2.45, 2.75) is 6.92 Å². The van der Waals surface area contributed by atoms with Crippen LogP contribution >= 0.6 is 15.9 Å². The Morgan fingerprint density at radius 1 is 1.18 bits per heavy atom. The molecular formula is C21H19BrN4O2. The molecule has 3 aromatic rings. The number of benzene rings is 2. The van der Waals surface area contributed by atoms with E-state index in [1.54, 1.807) is 7.11 Å². The van der Waals surface area contributed by atoms with E-state index >= 15 is 0 Å². The highest BCUT2D eigenvalue weighted by molar-refractivity contribution is 9.12. The molecule has 0 bridgehead atoms. The third-order valence-corrected chi connectivity index (χ3v) is 4.49. The first kappa shape index (κ1) is 19.6. The molecule has 0 aliphatic carbocycles. The quantitative estimate of drug-likeness (QED) is 0.437. The number of amides is 1. The zero-order valence-electron chi connectivity index (χ0n) is 15.4. The number of allylic oxidation sites excluding steroid dienone is 1. The molecule has 0 aliphatic heterocycles. The minimum Gasteiger partial charge on any atom is -0.497 e. The van der Waals surface area contributed by atoms with E-state index in [0.29, 0.717) is 11.4 Å². The number of carbonyl (C=O) groups excluding carboxylic acids is 1. The van der Waals surface area contributed by atoms with Crippen LogP contribution in [0.1, 0.15) is 21.6 Å². The summed E-state index contributed by atoms with van der Waals surface area (Å²) in [6.07, 6.45) is 3.43. The molecule has 0 aliphatic rings. The molecule has 28 heavy (non-hydrogen) atoms. The number of halogens is 1. The summed E-state index contributed by atoms with van der Waals surface area (Å²) >= 11 is 3.41. The first-order valence-electron chi connectivity index (χ1n) is 8.53. The smallest absolute Gasteiger partial charge is 0.289 e. The average Bonchev–Trinajstić information content (AvgIpc) is 3.10. The zero-order chi connectivity index (χ0) is 19.9. The minimum absolute atomic E-state index is 0.360. The molecule has 1 heterocycles.